The minimum Gasteiger partial charge on any atom is -0.355 e. The first-order valence-corrected chi connectivity index (χ1v) is 7.52. The van der Waals surface area contributed by atoms with Gasteiger partial charge in [-0.25, -0.2) is 0 Å². The number of hydrogen-bond acceptors (Lipinski definition) is 4. The third kappa shape index (κ3) is 6.88. The highest BCUT2D eigenvalue weighted by Gasteiger charge is 2.17. The van der Waals surface area contributed by atoms with Crippen LogP contribution in [0.2, 0.25) is 0 Å². The van der Waals surface area contributed by atoms with Gasteiger partial charge in [0, 0.05) is 32.7 Å². The fourth-order valence-corrected chi connectivity index (χ4v) is 2.26. The van der Waals surface area contributed by atoms with Crippen molar-refractivity contribution in [1.82, 2.24) is 15.1 Å². The van der Waals surface area contributed by atoms with Crippen molar-refractivity contribution in [3.63, 3.8) is 0 Å². The van der Waals surface area contributed by atoms with Crippen LogP contribution in [-0.4, -0.2) is 67.6 Å². The molecule has 1 saturated heterocycles. The molecule has 0 aromatic carbocycles. The highest BCUT2D eigenvalue weighted by molar-refractivity contribution is 5.85. The van der Waals surface area contributed by atoms with Crippen LogP contribution >= 0.6 is 12.4 Å². The van der Waals surface area contributed by atoms with Gasteiger partial charge in [0.05, 0.1) is 6.04 Å². The van der Waals surface area contributed by atoms with Crippen LogP contribution in [0.4, 0.5) is 0 Å². The van der Waals surface area contributed by atoms with Gasteiger partial charge in [-0.1, -0.05) is 20.8 Å². The van der Waals surface area contributed by atoms with Crippen molar-refractivity contribution in [3.05, 3.63) is 0 Å². The monoisotopic (exact) mass is 306 g/mol. The van der Waals surface area contributed by atoms with E-state index >= 15 is 0 Å². The zero-order chi connectivity index (χ0) is 14.3. The van der Waals surface area contributed by atoms with E-state index in [1.807, 2.05) is 13.8 Å². The number of nitrogens with two attached hydrogens (primary N) is 1. The molecule has 0 spiro atoms. The number of hydrogen-bond donors (Lipinski definition) is 2. The van der Waals surface area contributed by atoms with Crippen LogP contribution in [0.5, 0.6) is 0 Å². The molecular weight excluding hydrogens is 276 g/mol. The quantitative estimate of drug-likeness (QED) is 0.674. The van der Waals surface area contributed by atoms with Gasteiger partial charge >= 0.3 is 0 Å². The molecule has 1 rings (SSSR count). The summed E-state index contributed by atoms with van der Waals surface area (Å²) in [5.74, 6) is 0.174. The molecule has 0 aromatic heterocycles. The first kappa shape index (κ1) is 19.6. The fraction of sp³-hybridized carbons (Fsp3) is 0.929. The van der Waals surface area contributed by atoms with E-state index < -0.39 is 0 Å². The largest absolute Gasteiger partial charge is 0.355 e. The maximum Gasteiger partial charge on any atom is 0.237 e. The Morgan fingerprint density at radius 1 is 1.20 bits per heavy atom. The lowest BCUT2D eigenvalue weighted by atomic mass is 10.1. The summed E-state index contributed by atoms with van der Waals surface area (Å²) in [5.41, 5.74) is 5.79. The SMILES string of the molecule is CCN1CCN(CCCNC(=O)[C@@H](N)C(C)C)CC1.Cl. The van der Waals surface area contributed by atoms with Crippen molar-refractivity contribution in [2.45, 2.75) is 33.2 Å². The van der Waals surface area contributed by atoms with Gasteiger partial charge in [0.25, 0.3) is 0 Å². The van der Waals surface area contributed by atoms with Gasteiger partial charge in [-0.15, -0.1) is 12.4 Å². The molecular formula is C14H31ClN4O. The van der Waals surface area contributed by atoms with Crippen LogP contribution < -0.4 is 11.1 Å². The van der Waals surface area contributed by atoms with Crippen molar-refractivity contribution in [2.75, 3.05) is 45.8 Å². The van der Waals surface area contributed by atoms with Crippen LogP contribution in [0, 0.1) is 5.92 Å². The zero-order valence-corrected chi connectivity index (χ0v) is 13.9. The number of rotatable bonds is 7. The summed E-state index contributed by atoms with van der Waals surface area (Å²) in [6, 6.07) is -0.381. The molecule has 1 amide bonds. The zero-order valence-electron chi connectivity index (χ0n) is 13.1. The summed E-state index contributed by atoms with van der Waals surface area (Å²) in [7, 11) is 0. The lowest BCUT2D eigenvalue weighted by Gasteiger charge is -2.34. The summed E-state index contributed by atoms with van der Waals surface area (Å²) in [6.45, 7) is 13.7. The summed E-state index contributed by atoms with van der Waals surface area (Å²) in [6.07, 6.45) is 1.00. The Morgan fingerprint density at radius 3 is 2.25 bits per heavy atom. The first-order valence-electron chi connectivity index (χ1n) is 7.52. The van der Waals surface area contributed by atoms with Crippen molar-refractivity contribution in [1.29, 1.82) is 0 Å². The van der Waals surface area contributed by atoms with Gasteiger partial charge in [-0.3, -0.25) is 4.79 Å². The van der Waals surface area contributed by atoms with Crippen molar-refractivity contribution in [2.24, 2.45) is 11.7 Å². The predicted molar refractivity (Wildman–Crippen MR) is 86.2 cm³/mol. The predicted octanol–water partition coefficient (Wildman–Crippen LogP) is 0.535. The second kappa shape index (κ2) is 10.4. The van der Waals surface area contributed by atoms with Crippen LogP contribution in [0.15, 0.2) is 0 Å². The number of amides is 1. The molecule has 0 aliphatic carbocycles. The second-order valence-electron chi connectivity index (χ2n) is 5.69. The normalized spacial score (nSPS) is 18.6. The Bertz CT molecular complexity index is 268. The molecule has 120 valence electrons. The Kier molecular flexibility index (Phi) is 10.2. The Hall–Kier alpha value is -0.360. The molecule has 3 N–H and O–H groups in total. The van der Waals surface area contributed by atoms with Gasteiger partial charge in [-0.2, -0.15) is 0 Å². The maximum atomic E-state index is 11.7. The number of nitrogens with zero attached hydrogens (tertiary/aromatic N) is 2. The van der Waals surface area contributed by atoms with E-state index in [-0.39, 0.29) is 30.3 Å². The smallest absolute Gasteiger partial charge is 0.237 e. The summed E-state index contributed by atoms with van der Waals surface area (Å²) < 4.78 is 0. The molecule has 0 saturated carbocycles. The fourth-order valence-electron chi connectivity index (χ4n) is 2.26. The molecule has 0 bridgehead atoms. The number of carbonyl (C=O) groups excluding carboxylic acids is 1. The number of carbonyl (C=O) groups is 1. The molecule has 6 heteroatoms. The van der Waals surface area contributed by atoms with Gasteiger partial charge in [0.1, 0.15) is 0 Å². The van der Waals surface area contributed by atoms with Crippen molar-refractivity contribution in [3.8, 4) is 0 Å². The van der Waals surface area contributed by atoms with Crippen molar-refractivity contribution < 1.29 is 4.79 Å². The number of likely N-dealkylation sites (N-methyl/N-ethyl adjacent to an activating group) is 1. The number of nitrogens with one attached hydrogen (secondary N) is 1. The second-order valence-corrected chi connectivity index (χ2v) is 5.69. The first-order chi connectivity index (χ1) is 9.04. The molecule has 0 aromatic rings. The standard InChI is InChI=1S/C14H30N4O.ClH/c1-4-17-8-10-18(11-9-17)7-5-6-16-14(19)13(15)12(2)3;/h12-13H,4-11,15H2,1-3H3,(H,16,19);1H/t13-;/m0./s1. The lowest BCUT2D eigenvalue weighted by Crippen LogP contribution is -2.47. The third-order valence-corrected chi connectivity index (χ3v) is 3.88. The van der Waals surface area contributed by atoms with Crippen molar-refractivity contribution >= 4 is 18.3 Å². The minimum absolute atomic E-state index is 0. The maximum absolute atomic E-state index is 11.7. The van der Waals surface area contributed by atoms with E-state index in [1.54, 1.807) is 0 Å². The van der Waals surface area contributed by atoms with Gasteiger partial charge < -0.3 is 20.9 Å². The highest BCUT2D eigenvalue weighted by atomic mass is 35.5. The van der Waals surface area contributed by atoms with Gasteiger partial charge in [-0.05, 0) is 25.4 Å². The van der Waals surface area contributed by atoms with Crippen LogP contribution in [-0.2, 0) is 4.79 Å². The average Bonchev–Trinajstić information content (AvgIpc) is 2.43. The van der Waals surface area contributed by atoms with Crippen LogP contribution in [0.25, 0.3) is 0 Å². The molecule has 1 heterocycles. The molecule has 20 heavy (non-hydrogen) atoms. The van der Waals surface area contributed by atoms with E-state index in [1.165, 1.54) is 13.1 Å². The minimum atomic E-state index is -0.381. The molecule has 5 nitrogen and oxygen atoms in total. The Labute approximate surface area is 129 Å². The Balaban J connectivity index is 0.00000361. The van der Waals surface area contributed by atoms with E-state index in [4.69, 9.17) is 5.73 Å². The van der Waals surface area contributed by atoms with E-state index in [2.05, 4.69) is 22.0 Å². The topological polar surface area (TPSA) is 61.6 Å². The molecule has 0 radical (unpaired) electrons. The molecule has 1 aliphatic rings. The summed E-state index contributed by atoms with van der Waals surface area (Å²) in [4.78, 5) is 16.6. The van der Waals surface area contributed by atoms with Gasteiger partial charge in [0.2, 0.25) is 5.91 Å². The molecule has 1 atom stereocenters. The van der Waals surface area contributed by atoms with Crippen LogP contribution in [0.3, 0.4) is 0 Å². The molecule has 1 aliphatic heterocycles. The number of piperazine rings is 1. The highest BCUT2D eigenvalue weighted by Crippen LogP contribution is 2.02. The summed E-state index contributed by atoms with van der Waals surface area (Å²) in [5, 5.41) is 2.92. The van der Waals surface area contributed by atoms with E-state index in [0.29, 0.717) is 0 Å². The van der Waals surface area contributed by atoms with E-state index in [0.717, 1.165) is 39.1 Å². The van der Waals surface area contributed by atoms with Gasteiger partial charge in [0.15, 0.2) is 0 Å². The summed E-state index contributed by atoms with van der Waals surface area (Å²) >= 11 is 0. The average molecular weight is 307 g/mol. The number of halogens is 1. The molecule has 0 unspecified atom stereocenters. The lowest BCUT2D eigenvalue weighted by molar-refractivity contribution is -0.123. The molecule has 1 fully saturated rings. The Morgan fingerprint density at radius 2 is 1.75 bits per heavy atom. The van der Waals surface area contributed by atoms with Crippen LogP contribution in [0.1, 0.15) is 27.2 Å². The third-order valence-electron chi connectivity index (χ3n) is 3.88. The van der Waals surface area contributed by atoms with E-state index in [9.17, 15) is 4.79 Å².